The van der Waals surface area contributed by atoms with E-state index in [1.165, 1.54) is 11.0 Å². The Hall–Kier alpha value is -3.61. The van der Waals surface area contributed by atoms with Gasteiger partial charge >= 0.3 is 5.97 Å². The molecule has 2 amide bonds. The van der Waals surface area contributed by atoms with Crippen LogP contribution < -0.4 is 15.0 Å². The average Bonchev–Trinajstić information content (AvgIpc) is 3.27. The summed E-state index contributed by atoms with van der Waals surface area (Å²) < 4.78 is 10.4. The molecular formula is C24H24N2O5. The number of nitrogens with zero attached hydrogens (tertiary/aromatic N) is 1. The Morgan fingerprint density at radius 3 is 2.68 bits per heavy atom. The number of hydrogen-bond donors (Lipinski definition) is 1. The van der Waals surface area contributed by atoms with Crippen LogP contribution in [0.15, 0.2) is 54.6 Å². The summed E-state index contributed by atoms with van der Waals surface area (Å²) in [6.07, 6.45) is 5.76. The number of benzene rings is 2. The van der Waals surface area contributed by atoms with E-state index in [0.29, 0.717) is 30.0 Å². The summed E-state index contributed by atoms with van der Waals surface area (Å²) in [6, 6.07) is 14.4. The predicted octanol–water partition coefficient (Wildman–Crippen LogP) is 3.55. The van der Waals surface area contributed by atoms with Crippen LogP contribution in [0.5, 0.6) is 5.75 Å². The molecule has 0 unspecified atom stereocenters. The van der Waals surface area contributed by atoms with Gasteiger partial charge in [-0.3, -0.25) is 14.5 Å². The van der Waals surface area contributed by atoms with Crippen molar-refractivity contribution in [3.8, 4) is 5.75 Å². The van der Waals surface area contributed by atoms with Gasteiger partial charge in [-0.05, 0) is 48.7 Å². The van der Waals surface area contributed by atoms with Crippen molar-refractivity contribution in [2.24, 2.45) is 0 Å². The predicted molar refractivity (Wildman–Crippen MR) is 117 cm³/mol. The van der Waals surface area contributed by atoms with Crippen molar-refractivity contribution in [3.63, 3.8) is 0 Å². The van der Waals surface area contributed by atoms with Gasteiger partial charge in [0.25, 0.3) is 11.8 Å². The molecule has 2 aromatic rings. The van der Waals surface area contributed by atoms with E-state index in [0.717, 1.165) is 18.4 Å². The molecule has 0 saturated heterocycles. The van der Waals surface area contributed by atoms with E-state index in [4.69, 9.17) is 9.47 Å². The Kier molecular flexibility index (Phi) is 5.75. The Morgan fingerprint density at radius 2 is 1.90 bits per heavy atom. The van der Waals surface area contributed by atoms with E-state index in [2.05, 4.69) is 5.32 Å². The molecule has 0 atom stereocenters. The standard InChI is InChI=1S/C24H24N2O5/c1-30-18-8-6-7-17(15-18)11-12-22(28)31-16-21(27)26-20-10-3-2-9-19(20)25-23(29)24(26)13-4-5-14-24/h2-3,6-12,15H,4-5,13-14,16H2,1H3,(H,25,29)/b12-11+. The third kappa shape index (κ3) is 4.03. The average molecular weight is 420 g/mol. The summed E-state index contributed by atoms with van der Waals surface area (Å²) in [5.41, 5.74) is 1.07. The number of anilines is 2. The lowest BCUT2D eigenvalue weighted by Crippen LogP contribution is -2.61. The van der Waals surface area contributed by atoms with Crippen LogP contribution in [0.25, 0.3) is 6.08 Å². The molecule has 0 radical (unpaired) electrons. The molecule has 1 saturated carbocycles. The maximum atomic E-state index is 13.2. The van der Waals surface area contributed by atoms with Crippen LogP contribution in [0, 0.1) is 0 Å². The van der Waals surface area contributed by atoms with Crippen molar-refractivity contribution in [2.45, 2.75) is 31.2 Å². The van der Waals surface area contributed by atoms with E-state index in [1.807, 2.05) is 18.2 Å². The first-order chi connectivity index (χ1) is 15.0. The number of carbonyl (C=O) groups excluding carboxylic acids is 3. The zero-order valence-electron chi connectivity index (χ0n) is 17.3. The minimum absolute atomic E-state index is 0.179. The number of methoxy groups -OCH3 is 1. The topological polar surface area (TPSA) is 84.9 Å². The molecule has 7 heteroatoms. The lowest BCUT2D eigenvalue weighted by Gasteiger charge is -2.44. The molecule has 2 aliphatic rings. The minimum atomic E-state index is -0.922. The molecule has 0 bridgehead atoms. The lowest BCUT2D eigenvalue weighted by atomic mass is 9.90. The van der Waals surface area contributed by atoms with Crippen LogP contribution in [0.2, 0.25) is 0 Å². The van der Waals surface area contributed by atoms with Crippen molar-refractivity contribution in [3.05, 3.63) is 60.2 Å². The highest BCUT2D eigenvalue weighted by molar-refractivity contribution is 6.15. The number of ether oxygens (including phenoxy) is 2. The number of amides is 2. The van der Waals surface area contributed by atoms with Crippen LogP contribution in [0.4, 0.5) is 11.4 Å². The van der Waals surface area contributed by atoms with E-state index >= 15 is 0 Å². The molecule has 2 aromatic carbocycles. The number of fused-ring (bicyclic) bond motifs is 1. The van der Waals surface area contributed by atoms with E-state index in [9.17, 15) is 14.4 Å². The second kappa shape index (κ2) is 8.63. The van der Waals surface area contributed by atoms with Gasteiger partial charge in [0, 0.05) is 6.08 Å². The highest BCUT2D eigenvalue weighted by Crippen LogP contribution is 2.45. The number of carbonyl (C=O) groups is 3. The largest absolute Gasteiger partial charge is 0.497 e. The number of para-hydroxylation sites is 2. The first kappa shape index (κ1) is 20.7. The molecule has 1 spiro atoms. The fourth-order valence-corrected chi connectivity index (χ4v) is 4.28. The van der Waals surface area contributed by atoms with Crippen molar-refractivity contribution in [1.29, 1.82) is 0 Å². The van der Waals surface area contributed by atoms with Crippen LogP contribution >= 0.6 is 0 Å². The fourth-order valence-electron chi connectivity index (χ4n) is 4.28. The van der Waals surface area contributed by atoms with Crippen LogP contribution in [0.3, 0.4) is 0 Å². The zero-order chi connectivity index (χ0) is 21.8. The van der Waals surface area contributed by atoms with Gasteiger partial charge in [0.15, 0.2) is 6.61 Å². The Labute approximate surface area is 180 Å². The Balaban J connectivity index is 1.48. The maximum Gasteiger partial charge on any atom is 0.331 e. The van der Waals surface area contributed by atoms with Gasteiger partial charge in [-0.25, -0.2) is 4.79 Å². The quantitative estimate of drug-likeness (QED) is 0.591. The van der Waals surface area contributed by atoms with Gasteiger partial charge in [0.1, 0.15) is 11.3 Å². The molecule has 1 fully saturated rings. The third-order valence-corrected chi connectivity index (χ3v) is 5.77. The molecule has 0 aromatic heterocycles. The molecule has 160 valence electrons. The monoisotopic (exact) mass is 420 g/mol. The summed E-state index contributed by atoms with van der Waals surface area (Å²) in [5.74, 6) is -0.547. The van der Waals surface area contributed by atoms with Gasteiger partial charge < -0.3 is 14.8 Å². The normalized spacial score (nSPS) is 16.8. The van der Waals surface area contributed by atoms with Gasteiger partial charge in [-0.1, -0.05) is 37.1 Å². The molecule has 1 aliphatic heterocycles. The second-order valence-corrected chi connectivity index (χ2v) is 7.66. The van der Waals surface area contributed by atoms with Crippen molar-refractivity contribution < 1.29 is 23.9 Å². The molecule has 7 nitrogen and oxygen atoms in total. The van der Waals surface area contributed by atoms with Crippen LogP contribution in [0.1, 0.15) is 31.2 Å². The van der Waals surface area contributed by atoms with Crippen LogP contribution in [-0.4, -0.2) is 37.0 Å². The zero-order valence-corrected chi connectivity index (χ0v) is 17.3. The Morgan fingerprint density at radius 1 is 1.13 bits per heavy atom. The number of nitrogens with one attached hydrogen (secondary N) is 1. The van der Waals surface area contributed by atoms with Crippen molar-refractivity contribution >= 4 is 35.2 Å². The Bertz CT molecular complexity index is 1040. The first-order valence-corrected chi connectivity index (χ1v) is 10.3. The first-order valence-electron chi connectivity index (χ1n) is 10.3. The SMILES string of the molecule is COc1cccc(/C=C/C(=O)OCC(=O)N2c3ccccc3NC(=O)C23CCCC3)c1. The van der Waals surface area contributed by atoms with E-state index in [1.54, 1.807) is 43.5 Å². The molecule has 1 heterocycles. The summed E-state index contributed by atoms with van der Waals surface area (Å²) in [7, 11) is 1.57. The highest BCUT2D eigenvalue weighted by Gasteiger charge is 2.52. The van der Waals surface area contributed by atoms with Crippen molar-refractivity contribution in [1.82, 2.24) is 0 Å². The van der Waals surface area contributed by atoms with Crippen LogP contribution in [-0.2, 0) is 19.1 Å². The third-order valence-electron chi connectivity index (χ3n) is 5.77. The molecule has 1 aliphatic carbocycles. The number of rotatable bonds is 5. The summed E-state index contributed by atoms with van der Waals surface area (Å²) in [5, 5.41) is 2.93. The number of hydrogen-bond acceptors (Lipinski definition) is 5. The summed E-state index contributed by atoms with van der Waals surface area (Å²) >= 11 is 0. The van der Waals surface area contributed by atoms with E-state index in [-0.39, 0.29) is 5.91 Å². The van der Waals surface area contributed by atoms with Crippen molar-refractivity contribution in [2.75, 3.05) is 23.9 Å². The van der Waals surface area contributed by atoms with Gasteiger partial charge in [0.2, 0.25) is 0 Å². The molecular weight excluding hydrogens is 396 g/mol. The van der Waals surface area contributed by atoms with E-state index < -0.39 is 24.0 Å². The molecule has 1 N–H and O–H groups in total. The smallest absolute Gasteiger partial charge is 0.331 e. The highest BCUT2D eigenvalue weighted by atomic mass is 16.5. The number of esters is 1. The second-order valence-electron chi connectivity index (χ2n) is 7.66. The maximum absolute atomic E-state index is 13.2. The summed E-state index contributed by atoms with van der Waals surface area (Å²) in [6.45, 7) is -0.440. The molecule has 4 rings (SSSR count). The molecule has 31 heavy (non-hydrogen) atoms. The van der Waals surface area contributed by atoms with Gasteiger partial charge in [0.05, 0.1) is 18.5 Å². The van der Waals surface area contributed by atoms with Gasteiger partial charge in [-0.15, -0.1) is 0 Å². The van der Waals surface area contributed by atoms with Gasteiger partial charge in [-0.2, -0.15) is 0 Å². The minimum Gasteiger partial charge on any atom is -0.497 e. The summed E-state index contributed by atoms with van der Waals surface area (Å²) in [4.78, 5) is 39.8. The fraction of sp³-hybridized carbons (Fsp3) is 0.292. The lowest BCUT2D eigenvalue weighted by molar-refractivity contribution is -0.143.